The monoisotopic (exact) mass is 497 g/mol. The summed E-state index contributed by atoms with van der Waals surface area (Å²) in [5.74, 6) is 0.409. The molecule has 7 nitrogen and oxygen atoms in total. The second kappa shape index (κ2) is 12.9. The number of para-hydroxylation sites is 2. The highest BCUT2D eigenvalue weighted by Crippen LogP contribution is 2.29. The summed E-state index contributed by atoms with van der Waals surface area (Å²) in [5.41, 5.74) is 1.36. The number of nitrogens with one attached hydrogen (secondary N) is 1. The molecule has 0 heterocycles. The molecule has 0 unspecified atom stereocenters. The van der Waals surface area contributed by atoms with E-state index in [2.05, 4.69) is 10.1 Å². The molecule has 0 aromatic heterocycles. The number of ether oxygens (including phenoxy) is 4. The van der Waals surface area contributed by atoms with Crippen molar-refractivity contribution in [1.82, 2.24) is 0 Å². The zero-order chi connectivity index (χ0) is 25.9. The fourth-order valence-electron chi connectivity index (χ4n) is 3.19. The number of hydrogen-bond donors (Lipinski definition) is 1. The summed E-state index contributed by atoms with van der Waals surface area (Å²) in [5, 5.41) is 2.73. The van der Waals surface area contributed by atoms with Crippen LogP contribution < -0.4 is 24.3 Å². The van der Waals surface area contributed by atoms with Gasteiger partial charge in [-0.05, 0) is 55.0 Å². The first kappa shape index (κ1) is 26.2. The van der Waals surface area contributed by atoms with Crippen LogP contribution in [0.2, 0.25) is 0 Å². The van der Waals surface area contributed by atoms with E-state index in [0.717, 1.165) is 0 Å². The van der Waals surface area contributed by atoms with Crippen molar-refractivity contribution in [2.75, 3.05) is 25.6 Å². The molecule has 0 aliphatic rings. The zero-order valence-corrected chi connectivity index (χ0v) is 19.7. The van der Waals surface area contributed by atoms with Crippen molar-refractivity contribution in [3.63, 3.8) is 0 Å². The average Bonchev–Trinajstić information content (AvgIpc) is 2.87. The minimum atomic E-state index is -2.98. The SMILES string of the molecule is CCOc1cc(/C=C/C(=O)c2cccc(OC(F)F)c2)ccc1OCC(=O)Nc1ccccc1OC. The van der Waals surface area contributed by atoms with E-state index >= 15 is 0 Å². The summed E-state index contributed by atoms with van der Waals surface area (Å²) < 4.78 is 45.7. The predicted molar refractivity (Wildman–Crippen MR) is 131 cm³/mol. The second-order valence-electron chi connectivity index (χ2n) is 7.28. The van der Waals surface area contributed by atoms with Crippen LogP contribution in [0.1, 0.15) is 22.8 Å². The van der Waals surface area contributed by atoms with Crippen molar-refractivity contribution in [1.29, 1.82) is 0 Å². The molecule has 1 N–H and O–H groups in total. The third-order valence-corrected chi connectivity index (χ3v) is 4.78. The number of benzene rings is 3. The van der Waals surface area contributed by atoms with E-state index in [4.69, 9.17) is 14.2 Å². The number of rotatable bonds is 12. The quantitative estimate of drug-likeness (QED) is 0.259. The van der Waals surface area contributed by atoms with Gasteiger partial charge in [0.15, 0.2) is 23.9 Å². The minimum Gasteiger partial charge on any atom is -0.495 e. The summed E-state index contributed by atoms with van der Waals surface area (Å²) >= 11 is 0. The van der Waals surface area contributed by atoms with Crippen molar-refractivity contribution in [3.8, 4) is 23.0 Å². The average molecular weight is 497 g/mol. The van der Waals surface area contributed by atoms with Crippen molar-refractivity contribution >= 4 is 23.5 Å². The van der Waals surface area contributed by atoms with Crippen molar-refractivity contribution in [2.45, 2.75) is 13.5 Å². The lowest BCUT2D eigenvalue weighted by Crippen LogP contribution is -2.20. The first-order valence-corrected chi connectivity index (χ1v) is 11.0. The number of alkyl halides is 2. The Morgan fingerprint density at radius 1 is 0.944 bits per heavy atom. The maximum absolute atomic E-state index is 12.5. The molecule has 188 valence electrons. The van der Waals surface area contributed by atoms with Gasteiger partial charge in [-0.25, -0.2) is 0 Å². The summed E-state index contributed by atoms with van der Waals surface area (Å²) in [6, 6.07) is 17.6. The molecule has 1 amide bonds. The highest BCUT2D eigenvalue weighted by molar-refractivity contribution is 6.07. The van der Waals surface area contributed by atoms with E-state index in [9.17, 15) is 18.4 Å². The smallest absolute Gasteiger partial charge is 0.387 e. The molecule has 36 heavy (non-hydrogen) atoms. The molecule has 9 heteroatoms. The van der Waals surface area contributed by atoms with E-state index in [1.165, 1.54) is 37.5 Å². The molecule has 0 fully saturated rings. The molecule has 0 saturated heterocycles. The summed E-state index contributed by atoms with van der Waals surface area (Å²) in [6.45, 7) is -1.08. The Hall–Kier alpha value is -4.40. The van der Waals surface area contributed by atoms with Crippen LogP contribution in [0.25, 0.3) is 6.08 Å². The van der Waals surface area contributed by atoms with Crippen LogP contribution in [0, 0.1) is 0 Å². The van der Waals surface area contributed by atoms with Crippen LogP contribution in [0.3, 0.4) is 0 Å². The van der Waals surface area contributed by atoms with E-state index in [1.807, 2.05) is 0 Å². The highest BCUT2D eigenvalue weighted by Gasteiger charge is 2.12. The molecular weight excluding hydrogens is 472 g/mol. The van der Waals surface area contributed by atoms with Gasteiger partial charge in [-0.3, -0.25) is 9.59 Å². The highest BCUT2D eigenvalue weighted by atomic mass is 19.3. The van der Waals surface area contributed by atoms with Gasteiger partial charge in [0.1, 0.15) is 11.5 Å². The summed E-state index contributed by atoms with van der Waals surface area (Å²) in [7, 11) is 1.51. The number of methoxy groups -OCH3 is 1. The first-order valence-electron chi connectivity index (χ1n) is 11.0. The zero-order valence-electron chi connectivity index (χ0n) is 19.7. The van der Waals surface area contributed by atoms with Gasteiger partial charge in [-0.2, -0.15) is 8.78 Å². The van der Waals surface area contributed by atoms with Gasteiger partial charge in [-0.1, -0.05) is 36.4 Å². The number of amides is 1. The lowest BCUT2D eigenvalue weighted by atomic mass is 10.1. The lowest BCUT2D eigenvalue weighted by molar-refractivity contribution is -0.118. The van der Waals surface area contributed by atoms with E-state index in [0.29, 0.717) is 35.1 Å². The van der Waals surface area contributed by atoms with E-state index in [1.54, 1.807) is 55.5 Å². The van der Waals surface area contributed by atoms with Crippen LogP contribution in [0.4, 0.5) is 14.5 Å². The van der Waals surface area contributed by atoms with E-state index < -0.39 is 6.61 Å². The molecular formula is C27H25F2NO6. The Balaban J connectivity index is 1.66. The van der Waals surface area contributed by atoms with Gasteiger partial charge in [0.2, 0.25) is 0 Å². The second-order valence-corrected chi connectivity index (χ2v) is 7.28. The molecule has 0 aliphatic heterocycles. The Morgan fingerprint density at radius 2 is 1.75 bits per heavy atom. The maximum Gasteiger partial charge on any atom is 0.387 e. The number of allylic oxidation sites excluding steroid dienone is 1. The molecule has 0 saturated carbocycles. The Labute approximate surface area is 207 Å². The molecule has 3 rings (SSSR count). The van der Waals surface area contributed by atoms with Gasteiger partial charge in [0.05, 0.1) is 19.4 Å². The maximum atomic E-state index is 12.5. The van der Waals surface area contributed by atoms with Crippen LogP contribution in [-0.4, -0.2) is 38.6 Å². The Bertz CT molecular complexity index is 1230. The molecule has 3 aromatic carbocycles. The number of ketones is 1. The minimum absolute atomic E-state index is 0.0980. The fraction of sp³-hybridized carbons (Fsp3) is 0.185. The molecule has 0 atom stereocenters. The number of anilines is 1. The van der Waals surface area contributed by atoms with Crippen molar-refractivity contribution < 1.29 is 37.3 Å². The molecule has 0 aliphatic carbocycles. The first-order chi connectivity index (χ1) is 17.4. The van der Waals surface area contributed by atoms with Gasteiger partial charge < -0.3 is 24.3 Å². The molecule has 0 radical (unpaired) electrons. The van der Waals surface area contributed by atoms with Crippen LogP contribution in [-0.2, 0) is 4.79 Å². The van der Waals surface area contributed by atoms with E-state index in [-0.39, 0.29) is 29.6 Å². The van der Waals surface area contributed by atoms with Gasteiger partial charge in [0, 0.05) is 5.56 Å². The standard InChI is InChI=1S/C27H25F2NO6/c1-3-34-25-15-18(11-13-22(31)19-7-6-8-20(16-19)36-27(28)29)12-14-24(25)35-17-26(32)30-21-9-4-5-10-23(21)33-2/h4-16,27H,3,17H2,1-2H3,(H,30,32)/b13-11+. The molecule has 0 spiro atoms. The number of carbonyl (C=O) groups is 2. The van der Waals surface area contributed by atoms with Crippen LogP contribution in [0.5, 0.6) is 23.0 Å². The van der Waals surface area contributed by atoms with Crippen molar-refractivity contribution in [2.24, 2.45) is 0 Å². The summed E-state index contributed by atoms with van der Waals surface area (Å²) in [6.07, 6.45) is 2.87. The van der Waals surface area contributed by atoms with Crippen LogP contribution >= 0.6 is 0 Å². The molecule has 0 bridgehead atoms. The van der Waals surface area contributed by atoms with Crippen molar-refractivity contribution in [3.05, 3.63) is 83.9 Å². The molecule has 3 aromatic rings. The number of halogens is 2. The number of hydrogen-bond acceptors (Lipinski definition) is 6. The largest absolute Gasteiger partial charge is 0.495 e. The fourth-order valence-corrected chi connectivity index (χ4v) is 3.19. The Kier molecular flexibility index (Phi) is 9.39. The normalized spacial score (nSPS) is 10.8. The van der Waals surface area contributed by atoms with Gasteiger partial charge >= 0.3 is 6.61 Å². The summed E-state index contributed by atoms with van der Waals surface area (Å²) in [4.78, 5) is 24.8. The Morgan fingerprint density at radius 3 is 2.50 bits per heavy atom. The topological polar surface area (TPSA) is 83.1 Å². The van der Waals surface area contributed by atoms with Gasteiger partial charge in [-0.15, -0.1) is 0 Å². The van der Waals surface area contributed by atoms with Crippen LogP contribution in [0.15, 0.2) is 72.8 Å². The number of carbonyl (C=O) groups excluding carboxylic acids is 2. The third kappa shape index (κ3) is 7.56. The lowest BCUT2D eigenvalue weighted by Gasteiger charge is -2.13. The predicted octanol–water partition coefficient (Wildman–Crippen LogP) is 5.61. The van der Waals surface area contributed by atoms with Gasteiger partial charge in [0.25, 0.3) is 5.91 Å². The third-order valence-electron chi connectivity index (χ3n) is 4.78.